The molecule has 6 heteroatoms. The number of benzene rings is 1. The summed E-state index contributed by atoms with van der Waals surface area (Å²) in [7, 11) is 0. The number of hydrogen-bond donors (Lipinski definition) is 1. The SMILES string of the molecule is CC(C)(C)C(=O)N(Cc1csc(C2CC3CCCCC3CN2)n1)c1ccc(F)cc1. The van der Waals surface area contributed by atoms with Crippen molar-refractivity contribution in [1.82, 2.24) is 10.3 Å². The topological polar surface area (TPSA) is 45.2 Å². The third-order valence-electron chi connectivity index (χ3n) is 6.44. The van der Waals surface area contributed by atoms with E-state index in [4.69, 9.17) is 4.98 Å². The Kier molecular flexibility index (Phi) is 6.26. The Morgan fingerprint density at radius 1 is 1.20 bits per heavy atom. The molecule has 30 heavy (non-hydrogen) atoms. The Hall–Kier alpha value is -1.79. The average Bonchev–Trinajstić information content (AvgIpc) is 3.20. The number of fused-ring (bicyclic) bond motifs is 1. The molecule has 1 amide bonds. The zero-order chi connectivity index (χ0) is 21.3. The minimum Gasteiger partial charge on any atom is -0.308 e. The highest BCUT2D eigenvalue weighted by Crippen LogP contribution is 2.40. The lowest BCUT2D eigenvalue weighted by molar-refractivity contribution is -0.125. The van der Waals surface area contributed by atoms with Gasteiger partial charge in [-0.25, -0.2) is 9.37 Å². The van der Waals surface area contributed by atoms with Gasteiger partial charge in [-0.1, -0.05) is 40.0 Å². The van der Waals surface area contributed by atoms with Crippen molar-refractivity contribution in [2.75, 3.05) is 11.4 Å². The van der Waals surface area contributed by atoms with Crippen LogP contribution in [0.3, 0.4) is 0 Å². The monoisotopic (exact) mass is 429 g/mol. The molecule has 1 saturated carbocycles. The summed E-state index contributed by atoms with van der Waals surface area (Å²) >= 11 is 1.68. The molecule has 0 radical (unpaired) electrons. The summed E-state index contributed by atoms with van der Waals surface area (Å²) in [5.41, 5.74) is 1.06. The minimum absolute atomic E-state index is 0.00416. The second-order valence-electron chi connectivity index (χ2n) is 9.80. The Labute approximate surface area is 182 Å². The zero-order valence-electron chi connectivity index (χ0n) is 18.2. The molecule has 1 aliphatic carbocycles. The molecule has 2 aromatic rings. The second kappa shape index (κ2) is 8.75. The van der Waals surface area contributed by atoms with E-state index in [0.717, 1.165) is 29.1 Å². The first-order chi connectivity index (χ1) is 14.3. The Balaban J connectivity index is 1.51. The Morgan fingerprint density at radius 3 is 2.60 bits per heavy atom. The van der Waals surface area contributed by atoms with Gasteiger partial charge in [0.25, 0.3) is 0 Å². The van der Waals surface area contributed by atoms with Crippen LogP contribution in [0.5, 0.6) is 0 Å². The molecular weight excluding hydrogens is 397 g/mol. The highest BCUT2D eigenvalue weighted by Gasteiger charge is 2.34. The van der Waals surface area contributed by atoms with Gasteiger partial charge in [0.05, 0.1) is 18.3 Å². The van der Waals surface area contributed by atoms with Crippen molar-refractivity contribution in [2.45, 2.75) is 65.5 Å². The fourth-order valence-electron chi connectivity index (χ4n) is 4.75. The summed E-state index contributed by atoms with van der Waals surface area (Å²) < 4.78 is 13.4. The number of thiazole rings is 1. The number of carbonyl (C=O) groups excluding carboxylic acids is 1. The fraction of sp³-hybridized carbons (Fsp3) is 0.583. The average molecular weight is 430 g/mol. The van der Waals surface area contributed by atoms with Crippen molar-refractivity contribution in [3.8, 4) is 0 Å². The molecule has 2 fully saturated rings. The van der Waals surface area contributed by atoms with E-state index in [0.29, 0.717) is 18.3 Å². The van der Waals surface area contributed by atoms with E-state index < -0.39 is 5.41 Å². The summed E-state index contributed by atoms with van der Waals surface area (Å²) in [6, 6.07) is 6.45. The molecule has 1 aliphatic heterocycles. The molecule has 4 nitrogen and oxygen atoms in total. The Bertz CT molecular complexity index is 873. The number of nitrogens with zero attached hydrogens (tertiary/aromatic N) is 2. The first-order valence-electron chi connectivity index (χ1n) is 11.1. The summed E-state index contributed by atoms with van der Waals surface area (Å²) in [6.07, 6.45) is 6.60. The predicted octanol–water partition coefficient (Wildman–Crippen LogP) is 5.70. The van der Waals surface area contributed by atoms with Crippen molar-refractivity contribution < 1.29 is 9.18 Å². The van der Waals surface area contributed by atoms with E-state index >= 15 is 0 Å². The normalized spacial score (nSPS) is 24.3. The first kappa shape index (κ1) is 21.4. The standard InChI is InChI=1S/C24H32FN3OS/c1-24(2,3)23(29)28(20-10-8-18(25)9-11-20)14-19-15-30-22(27-19)21-12-16-6-4-5-7-17(16)13-26-21/h8-11,15-17,21,26H,4-7,12-14H2,1-3H3. The number of anilines is 1. The van der Waals surface area contributed by atoms with Gasteiger partial charge >= 0.3 is 0 Å². The quantitative estimate of drug-likeness (QED) is 0.678. The molecule has 3 unspecified atom stereocenters. The lowest BCUT2D eigenvalue weighted by Gasteiger charge is -2.39. The smallest absolute Gasteiger partial charge is 0.232 e. The summed E-state index contributed by atoms with van der Waals surface area (Å²) in [5.74, 6) is 1.34. The van der Waals surface area contributed by atoms with Crippen LogP contribution in [0.2, 0.25) is 0 Å². The molecule has 4 rings (SSSR count). The number of rotatable bonds is 4. The van der Waals surface area contributed by atoms with Gasteiger partial charge in [0.2, 0.25) is 5.91 Å². The molecule has 2 aliphatic rings. The number of halogens is 1. The Morgan fingerprint density at radius 2 is 1.90 bits per heavy atom. The maximum atomic E-state index is 13.4. The summed E-state index contributed by atoms with van der Waals surface area (Å²) in [6.45, 7) is 7.21. The highest BCUT2D eigenvalue weighted by atomic mass is 32.1. The van der Waals surface area contributed by atoms with Gasteiger partial charge in [-0.2, -0.15) is 0 Å². The van der Waals surface area contributed by atoms with Gasteiger partial charge in [0, 0.05) is 16.5 Å². The van der Waals surface area contributed by atoms with E-state index in [1.807, 2.05) is 20.8 Å². The van der Waals surface area contributed by atoms with E-state index in [1.54, 1.807) is 28.4 Å². The summed E-state index contributed by atoms with van der Waals surface area (Å²) in [4.78, 5) is 19.7. The van der Waals surface area contributed by atoms with Crippen molar-refractivity contribution in [1.29, 1.82) is 0 Å². The number of nitrogens with one attached hydrogen (secondary N) is 1. The first-order valence-corrected chi connectivity index (χ1v) is 11.9. The molecule has 0 spiro atoms. The van der Waals surface area contributed by atoms with E-state index in [1.165, 1.54) is 44.2 Å². The van der Waals surface area contributed by atoms with Gasteiger partial charge in [-0.15, -0.1) is 11.3 Å². The molecule has 1 aromatic carbocycles. The van der Waals surface area contributed by atoms with E-state index in [2.05, 4.69) is 10.7 Å². The third kappa shape index (κ3) is 4.75. The van der Waals surface area contributed by atoms with Crippen LogP contribution in [0.15, 0.2) is 29.6 Å². The molecule has 2 heterocycles. The van der Waals surface area contributed by atoms with Crippen LogP contribution in [-0.4, -0.2) is 17.4 Å². The predicted molar refractivity (Wildman–Crippen MR) is 120 cm³/mol. The van der Waals surface area contributed by atoms with E-state index in [-0.39, 0.29) is 11.7 Å². The number of piperidine rings is 1. The van der Waals surface area contributed by atoms with Crippen LogP contribution in [0, 0.1) is 23.1 Å². The van der Waals surface area contributed by atoms with Gasteiger partial charge < -0.3 is 10.2 Å². The number of aromatic nitrogens is 1. The van der Waals surface area contributed by atoms with Crippen LogP contribution in [0.1, 0.15) is 69.6 Å². The van der Waals surface area contributed by atoms with Crippen LogP contribution >= 0.6 is 11.3 Å². The van der Waals surface area contributed by atoms with Crippen LogP contribution in [-0.2, 0) is 11.3 Å². The lowest BCUT2D eigenvalue weighted by atomic mass is 9.74. The fourth-order valence-corrected chi connectivity index (χ4v) is 5.65. The zero-order valence-corrected chi connectivity index (χ0v) is 19.0. The number of amides is 1. The van der Waals surface area contributed by atoms with Crippen molar-refractivity contribution in [3.05, 3.63) is 46.2 Å². The second-order valence-corrected chi connectivity index (χ2v) is 10.7. The van der Waals surface area contributed by atoms with Gasteiger partial charge in [-0.3, -0.25) is 4.79 Å². The molecular formula is C24H32FN3OS. The van der Waals surface area contributed by atoms with Crippen LogP contribution in [0.4, 0.5) is 10.1 Å². The van der Waals surface area contributed by atoms with Gasteiger partial charge in [-0.05, 0) is 55.5 Å². The molecule has 1 saturated heterocycles. The molecule has 1 N–H and O–H groups in total. The lowest BCUT2D eigenvalue weighted by Crippen LogP contribution is -2.40. The van der Waals surface area contributed by atoms with Crippen molar-refractivity contribution in [3.63, 3.8) is 0 Å². The molecule has 162 valence electrons. The largest absolute Gasteiger partial charge is 0.308 e. The van der Waals surface area contributed by atoms with Crippen molar-refractivity contribution >= 4 is 22.9 Å². The number of hydrogen-bond acceptors (Lipinski definition) is 4. The maximum absolute atomic E-state index is 13.4. The van der Waals surface area contributed by atoms with E-state index in [9.17, 15) is 9.18 Å². The van der Waals surface area contributed by atoms with Crippen LogP contribution in [0.25, 0.3) is 0 Å². The van der Waals surface area contributed by atoms with Gasteiger partial charge in [0.1, 0.15) is 10.8 Å². The van der Waals surface area contributed by atoms with Gasteiger partial charge in [0.15, 0.2) is 0 Å². The molecule has 1 aromatic heterocycles. The third-order valence-corrected chi connectivity index (χ3v) is 7.45. The van der Waals surface area contributed by atoms with Crippen LogP contribution < -0.4 is 10.2 Å². The number of carbonyl (C=O) groups is 1. The minimum atomic E-state index is -0.534. The van der Waals surface area contributed by atoms with Crippen molar-refractivity contribution in [2.24, 2.45) is 17.3 Å². The highest BCUT2D eigenvalue weighted by molar-refractivity contribution is 7.09. The maximum Gasteiger partial charge on any atom is 0.232 e. The molecule has 3 atom stereocenters. The molecule has 0 bridgehead atoms. The summed E-state index contributed by atoms with van der Waals surface area (Å²) in [5, 5.41) is 6.90.